The topological polar surface area (TPSA) is 37.4 Å². The van der Waals surface area contributed by atoms with Crippen LogP contribution in [0.25, 0.3) is 0 Å². The molecule has 2 rings (SSSR count). The molecule has 1 heterocycles. The van der Waals surface area contributed by atoms with Crippen molar-refractivity contribution in [1.82, 2.24) is 4.31 Å². The summed E-state index contributed by atoms with van der Waals surface area (Å²) < 4.78 is 27.5. The van der Waals surface area contributed by atoms with E-state index in [2.05, 4.69) is 13.8 Å². The van der Waals surface area contributed by atoms with Gasteiger partial charge in [-0.3, -0.25) is 0 Å². The highest BCUT2D eigenvalue weighted by Crippen LogP contribution is 2.34. The van der Waals surface area contributed by atoms with Crippen molar-refractivity contribution in [2.45, 2.75) is 44.0 Å². The Balaban J connectivity index is 2.46. The summed E-state index contributed by atoms with van der Waals surface area (Å²) in [5.74, 6) is 0.946. The number of nitrogens with zero attached hydrogens (tertiary/aromatic N) is 1. The van der Waals surface area contributed by atoms with Gasteiger partial charge in [0.05, 0.1) is 5.02 Å². The van der Waals surface area contributed by atoms with Crippen molar-refractivity contribution in [2.75, 3.05) is 6.54 Å². The van der Waals surface area contributed by atoms with Crippen LogP contribution in [-0.4, -0.2) is 25.3 Å². The van der Waals surface area contributed by atoms with Crippen molar-refractivity contribution in [3.05, 3.63) is 28.8 Å². The second-order valence-corrected chi connectivity index (χ2v) is 8.57. The molecule has 1 aliphatic rings. The Morgan fingerprint density at radius 1 is 1.29 bits per heavy atom. The van der Waals surface area contributed by atoms with Crippen molar-refractivity contribution >= 4 is 33.2 Å². The summed E-state index contributed by atoms with van der Waals surface area (Å²) in [4.78, 5) is 0.162. The molecule has 0 N–H and O–H groups in total. The molecular weight excluding hydrogens is 329 g/mol. The van der Waals surface area contributed by atoms with Crippen molar-refractivity contribution < 1.29 is 8.42 Å². The smallest absolute Gasteiger partial charge is 0.207 e. The van der Waals surface area contributed by atoms with Crippen LogP contribution in [0.15, 0.2) is 23.1 Å². The third kappa shape index (κ3) is 3.39. The second kappa shape index (κ2) is 6.45. The Labute approximate surface area is 137 Å². The quantitative estimate of drug-likeness (QED) is 0.769. The number of halogens is 2. The van der Waals surface area contributed by atoms with Crippen LogP contribution in [0, 0.1) is 11.8 Å². The zero-order valence-electron chi connectivity index (χ0n) is 12.5. The van der Waals surface area contributed by atoms with Crippen LogP contribution in [0.2, 0.25) is 5.02 Å². The average Bonchev–Trinajstić information content (AvgIpc) is 2.43. The molecule has 0 bridgehead atoms. The van der Waals surface area contributed by atoms with Gasteiger partial charge in [0, 0.05) is 18.5 Å². The molecular formula is C15H21Cl2NO2S. The summed E-state index contributed by atoms with van der Waals surface area (Å²) in [6.45, 7) is 6.68. The highest BCUT2D eigenvalue weighted by molar-refractivity contribution is 7.89. The number of sulfonamides is 1. The minimum absolute atomic E-state index is 0.0260. The van der Waals surface area contributed by atoms with E-state index in [1.807, 2.05) is 6.92 Å². The lowest BCUT2D eigenvalue weighted by Gasteiger charge is -2.40. The van der Waals surface area contributed by atoms with Crippen LogP contribution in [-0.2, 0) is 15.9 Å². The molecule has 3 unspecified atom stereocenters. The molecule has 0 amide bonds. The molecule has 21 heavy (non-hydrogen) atoms. The van der Waals surface area contributed by atoms with Gasteiger partial charge < -0.3 is 0 Å². The van der Waals surface area contributed by atoms with E-state index in [1.54, 1.807) is 22.5 Å². The van der Waals surface area contributed by atoms with Crippen LogP contribution in [0.4, 0.5) is 0 Å². The fourth-order valence-electron chi connectivity index (χ4n) is 2.94. The van der Waals surface area contributed by atoms with Crippen LogP contribution < -0.4 is 0 Å². The van der Waals surface area contributed by atoms with E-state index in [9.17, 15) is 8.42 Å². The predicted molar refractivity (Wildman–Crippen MR) is 87.3 cm³/mol. The fourth-order valence-corrected chi connectivity index (χ4v) is 5.48. The maximum absolute atomic E-state index is 13.0. The van der Waals surface area contributed by atoms with Gasteiger partial charge in [0.2, 0.25) is 10.0 Å². The van der Waals surface area contributed by atoms with E-state index >= 15 is 0 Å². The molecule has 0 spiro atoms. The Hall–Kier alpha value is -0.290. The van der Waals surface area contributed by atoms with Gasteiger partial charge in [-0.25, -0.2) is 8.42 Å². The van der Waals surface area contributed by atoms with Crippen molar-refractivity contribution in [1.29, 1.82) is 0 Å². The van der Waals surface area contributed by atoms with E-state index in [1.165, 1.54) is 0 Å². The number of rotatable bonds is 3. The molecule has 0 aromatic heterocycles. The maximum Gasteiger partial charge on any atom is 0.244 e. The molecule has 1 aromatic rings. The summed E-state index contributed by atoms with van der Waals surface area (Å²) in [5.41, 5.74) is 0.755. The first-order chi connectivity index (χ1) is 9.77. The largest absolute Gasteiger partial charge is 0.244 e. The van der Waals surface area contributed by atoms with Crippen LogP contribution in [0.1, 0.15) is 32.8 Å². The summed E-state index contributed by atoms with van der Waals surface area (Å²) in [5, 5.41) is 0.252. The Kier molecular flexibility index (Phi) is 5.24. The zero-order chi connectivity index (χ0) is 15.8. The molecule has 118 valence electrons. The zero-order valence-corrected chi connectivity index (χ0v) is 14.8. The third-order valence-corrected chi connectivity index (χ3v) is 7.02. The lowest BCUT2D eigenvalue weighted by atomic mass is 9.88. The number of benzene rings is 1. The lowest BCUT2D eigenvalue weighted by Crippen LogP contribution is -2.48. The van der Waals surface area contributed by atoms with E-state index < -0.39 is 10.0 Å². The Morgan fingerprint density at radius 3 is 2.57 bits per heavy atom. The maximum atomic E-state index is 13.0. The molecule has 3 atom stereocenters. The third-order valence-electron chi connectivity index (χ3n) is 4.28. The van der Waals surface area contributed by atoms with Gasteiger partial charge in [0.25, 0.3) is 0 Å². The first-order valence-electron chi connectivity index (χ1n) is 7.13. The number of hydrogen-bond donors (Lipinski definition) is 0. The van der Waals surface area contributed by atoms with E-state index in [0.29, 0.717) is 18.4 Å². The highest BCUT2D eigenvalue weighted by Gasteiger charge is 2.38. The minimum Gasteiger partial charge on any atom is -0.207 e. The molecule has 0 aliphatic carbocycles. The van der Waals surface area contributed by atoms with Gasteiger partial charge >= 0.3 is 0 Å². The van der Waals surface area contributed by atoms with Crippen molar-refractivity contribution in [2.24, 2.45) is 11.8 Å². The minimum atomic E-state index is -3.60. The Morgan fingerprint density at radius 2 is 1.95 bits per heavy atom. The van der Waals surface area contributed by atoms with Crippen LogP contribution >= 0.6 is 23.2 Å². The highest BCUT2D eigenvalue weighted by atomic mass is 35.5. The summed E-state index contributed by atoms with van der Waals surface area (Å²) >= 11 is 11.9. The normalized spacial score (nSPS) is 27.8. The molecule has 1 fully saturated rings. The van der Waals surface area contributed by atoms with E-state index in [0.717, 1.165) is 12.0 Å². The summed E-state index contributed by atoms with van der Waals surface area (Å²) in [6.07, 6.45) is 1.04. The molecule has 0 radical (unpaired) electrons. The van der Waals surface area contributed by atoms with Gasteiger partial charge in [0.1, 0.15) is 4.90 Å². The van der Waals surface area contributed by atoms with Crippen LogP contribution in [0.5, 0.6) is 0 Å². The Bertz CT molecular complexity index is 618. The fraction of sp³-hybridized carbons (Fsp3) is 0.600. The monoisotopic (exact) mass is 349 g/mol. The van der Waals surface area contributed by atoms with Gasteiger partial charge in [-0.1, -0.05) is 31.5 Å². The molecule has 1 saturated heterocycles. The van der Waals surface area contributed by atoms with Crippen molar-refractivity contribution in [3.8, 4) is 0 Å². The molecule has 6 heteroatoms. The number of alkyl halides is 1. The number of piperidine rings is 1. The van der Waals surface area contributed by atoms with Crippen molar-refractivity contribution in [3.63, 3.8) is 0 Å². The summed E-state index contributed by atoms with van der Waals surface area (Å²) in [6, 6.07) is 4.91. The summed E-state index contributed by atoms with van der Waals surface area (Å²) in [7, 11) is -3.60. The van der Waals surface area contributed by atoms with E-state index in [4.69, 9.17) is 23.2 Å². The van der Waals surface area contributed by atoms with Crippen LogP contribution in [0.3, 0.4) is 0 Å². The SMILES string of the molecule is CC1CC(C)C(C)N(S(=O)(=O)c2cc(CCl)ccc2Cl)C1. The standard InChI is InChI=1S/C15H21Cl2NO2S/c1-10-6-11(2)12(3)18(9-10)21(19,20)15-7-13(8-16)4-5-14(15)17/h4-5,7,10-12H,6,8-9H2,1-3H3. The molecule has 1 aromatic carbocycles. The first-order valence-corrected chi connectivity index (χ1v) is 9.48. The number of hydrogen-bond acceptors (Lipinski definition) is 2. The van der Waals surface area contributed by atoms with E-state index in [-0.39, 0.29) is 21.8 Å². The molecule has 1 aliphatic heterocycles. The second-order valence-electron chi connectivity index (χ2n) is 6.03. The first kappa shape index (κ1) is 17.1. The molecule has 0 saturated carbocycles. The van der Waals surface area contributed by atoms with Gasteiger partial charge in [-0.2, -0.15) is 4.31 Å². The predicted octanol–water partition coefficient (Wildman–Crippen LogP) is 4.13. The van der Waals surface area contributed by atoms with Gasteiger partial charge in [-0.05, 0) is 42.9 Å². The lowest BCUT2D eigenvalue weighted by molar-refractivity contribution is 0.157. The average molecular weight is 350 g/mol. The van der Waals surface area contributed by atoms with Gasteiger partial charge in [-0.15, -0.1) is 11.6 Å². The van der Waals surface area contributed by atoms with Gasteiger partial charge in [0.15, 0.2) is 0 Å². The molecule has 3 nitrogen and oxygen atoms in total.